The van der Waals surface area contributed by atoms with Gasteiger partial charge < -0.3 is 10.1 Å². The Bertz CT molecular complexity index is 1050. The van der Waals surface area contributed by atoms with Crippen molar-refractivity contribution in [3.05, 3.63) is 70.2 Å². The number of likely N-dealkylation sites (tertiary alicyclic amines) is 1. The number of carbonyl (C=O) groups excluding carboxylic acids is 1. The van der Waals surface area contributed by atoms with E-state index in [1.54, 1.807) is 48.5 Å². The summed E-state index contributed by atoms with van der Waals surface area (Å²) in [5.41, 5.74) is 1.00. The number of hydrogen-bond acceptors (Lipinski definition) is 3. The standard InChI is InChI=1S/C22H23N3O3/c26-20(23-14-8-1-2-9-15-23)16-24-18-12-6-7-13-19(18)25(28)21(22(24)27)17-10-4-3-5-11-17/h3-7,10-13H,1-2,8-9,14-16H2. The van der Waals surface area contributed by atoms with Crippen molar-refractivity contribution in [2.75, 3.05) is 13.1 Å². The molecule has 2 aromatic carbocycles. The van der Waals surface area contributed by atoms with E-state index in [9.17, 15) is 14.8 Å². The highest BCUT2D eigenvalue weighted by atomic mass is 16.5. The van der Waals surface area contributed by atoms with Crippen molar-refractivity contribution in [2.45, 2.75) is 32.2 Å². The number of nitrogens with zero attached hydrogens (tertiary/aromatic N) is 3. The average molecular weight is 377 g/mol. The minimum Gasteiger partial charge on any atom is -0.618 e. The number of hydrogen-bond donors (Lipinski definition) is 0. The summed E-state index contributed by atoms with van der Waals surface area (Å²) in [7, 11) is 0. The first-order valence-corrected chi connectivity index (χ1v) is 9.75. The lowest BCUT2D eigenvalue weighted by Crippen LogP contribution is -2.43. The second-order valence-corrected chi connectivity index (χ2v) is 7.18. The second-order valence-electron chi connectivity index (χ2n) is 7.18. The van der Waals surface area contributed by atoms with Gasteiger partial charge in [0.15, 0.2) is 0 Å². The summed E-state index contributed by atoms with van der Waals surface area (Å²) in [6.45, 7) is 1.40. The molecule has 1 aliphatic heterocycles. The lowest BCUT2D eigenvalue weighted by Gasteiger charge is -2.21. The van der Waals surface area contributed by atoms with Crippen LogP contribution in [-0.4, -0.2) is 28.5 Å². The van der Waals surface area contributed by atoms with Crippen LogP contribution < -0.4 is 10.3 Å². The van der Waals surface area contributed by atoms with E-state index in [0.717, 1.165) is 38.8 Å². The molecule has 6 nitrogen and oxygen atoms in total. The van der Waals surface area contributed by atoms with Gasteiger partial charge in [0.25, 0.3) is 5.69 Å². The van der Waals surface area contributed by atoms with Crippen molar-refractivity contribution >= 4 is 16.9 Å². The molecule has 0 saturated carbocycles. The molecule has 0 aliphatic carbocycles. The number of carbonyl (C=O) groups is 1. The quantitative estimate of drug-likeness (QED) is 0.521. The Labute approximate surface area is 163 Å². The number of benzene rings is 2. The first kappa shape index (κ1) is 18.2. The molecule has 4 rings (SSSR count). The van der Waals surface area contributed by atoms with Crippen LogP contribution in [0.1, 0.15) is 25.7 Å². The smallest absolute Gasteiger partial charge is 0.325 e. The topological polar surface area (TPSA) is 69.2 Å². The van der Waals surface area contributed by atoms with Crippen molar-refractivity contribution in [3.63, 3.8) is 0 Å². The van der Waals surface area contributed by atoms with Crippen molar-refractivity contribution < 1.29 is 9.52 Å². The van der Waals surface area contributed by atoms with Gasteiger partial charge in [-0.05, 0) is 31.0 Å². The van der Waals surface area contributed by atoms with Gasteiger partial charge in [0.2, 0.25) is 11.4 Å². The van der Waals surface area contributed by atoms with Crippen LogP contribution in [0.2, 0.25) is 0 Å². The van der Waals surface area contributed by atoms with Gasteiger partial charge in [0, 0.05) is 19.2 Å². The van der Waals surface area contributed by atoms with E-state index < -0.39 is 5.56 Å². The second kappa shape index (κ2) is 7.84. The van der Waals surface area contributed by atoms with E-state index in [1.165, 1.54) is 4.57 Å². The summed E-state index contributed by atoms with van der Waals surface area (Å²) in [4.78, 5) is 28.0. The number of aromatic nitrogens is 2. The van der Waals surface area contributed by atoms with Crippen LogP contribution in [0.15, 0.2) is 59.4 Å². The summed E-state index contributed by atoms with van der Waals surface area (Å²) in [6, 6.07) is 15.8. The SMILES string of the molecule is O=C(Cn1c(=O)c(-c2ccccc2)[n+]([O-])c2ccccc21)N1CCCCCC1. The van der Waals surface area contributed by atoms with Gasteiger partial charge in [-0.2, -0.15) is 4.73 Å². The largest absolute Gasteiger partial charge is 0.618 e. The van der Waals surface area contributed by atoms with Gasteiger partial charge in [-0.15, -0.1) is 0 Å². The van der Waals surface area contributed by atoms with Crippen LogP contribution in [0.3, 0.4) is 0 Å². The van der Waals surface area contributed by atoms with Gasteiger partial charge in [0.1, 0.15) is 12.1 Å². The molecular weight excluding hydrogens is 354 g/mol. The molecule has 1 fully saturated rings. The normalized spacial score (nSPS) is 14.8. The first-order valence-electron chi connectivity index (χ1n) is 9.75. The zero-order chi connectivity index (χ0) is 19.5. The predicted molar refractivity (Wildman–Crippen MR) is 108 cm³/mol. The van der Waals surface area contributed by atoms with Crippen LogP contribution in [-0.2, 0) is 11.3 Å². The molecule has 6 heteroatoms. The molecule has 3 aromatic rings. The van der Waals surface area contributed by atoms with Crippen LogP contribution >= 0.6 is 0 Å². The van der Waals surface area contributed by atoms with E-state index in [-0.39, 0.29) is 18.1 Å². The number of rotatable bonds is 3. The maximum atomic E-state index is 13.3. The van der Waals surface area contributed by atoms with Gasteiger partial charge in [0.05, 0.1) is 5.56 Å². The molecule has 0 radical (unpaired) electrons. The fraction of sp³-hybridized carbons (Fsp3) is 0.318. The fourth-order valence-corrected chi connectivity index (χ4v) is 3.86. The molecule has 144 valence electrons. The Morgan fingerprint density at radius 2 is 1.57 bits per heavy atom. The fourth-order valence-electron chi connectivity index (χ4n) is 3.86. The van der Waals surface area contributed by atoms with E-state index in [1.807, 2.05) is 11.0 Å². The van der Waals surface area contributed by atoms with E-state index >= 15 is 0 Å². The third kappa shape index (κ3) is 3.38. The Kier molecular flexibility index (Phi) is 5.10. The Morgan fingerprint density at radius 1 is 0.929 bits per heavy atom. The Hall–Kier alpha value is -3.15. The number of fused-ring (bicyclic) bond motifs is 1. The highest BCUT2D eigenvalue weighted by Gasteiger charge is 2.24. The molecule has 1 aliphatic rings. The van der Waals surface area contributed by atoms with Crippen molar-refractivity contribution in [1.29, 1.82) is 0 Å². The average Bonchev–Trinajstić information content (AvgIpc) is 3.02. The molecule has 1 amide bonds. The van der Waals surface area contributed by atoms with Crippen LogP contribution in [0.4, 0.5) is 0 Å². The van der Waals surface area contributed by atoms with Crippen LogP contribution in [0, 0.1) is 5.21 Å². The predicted octanol–water partition coefficient (Wildman–Crippen LogP) is 2.70. The van der Waals surface area contributed by atoms with Crippen LogP contribution in [0.25, 0.3) is 22.3 Å². The lowest BCUT2D eigenvalue weighted by molar-refractivity contribution is -0.566. The van der Waals surface area contributed by atoms with E-state index in [2.05, 4.69) is 0 Å². The molecule has 1 saturated heterocycles. The molecule has 1 aromatic heterocycles. The van der Waals surface area contributed by atoms with Gasteiger partial charge in [-0.1, -0.05) is 43.2 Å². The molecule has 0 N–H and O–H groups in total. The third-order valence-electron chi connectivity index (χ3n) is 5.34. The summed E-state index contributed by atoms with van der Waals surface area (Å²) in [5.74, 6) is -0.0724. The summed E-state index contributed by atoms with van der Waals surface area (Å²) in [6.07, 6.45) is 4.25. The number of amides is 1. The zero-order valence-corrected chi connectivity index (χ0v) is 15.7. The molecular formula is C22H23N3O3. The maximum Gasteiger partial charge on any atom is 0.325 e. The highest BCUT2D eigenvalue weighted by molar-refractivity contribution is 5.80. The minimum atomic E-state index is -0.442. The Morgan fingerprint density at radius 3 is 2.29 bits per heavy atom. The van der Waals surface area contributed by atoms with Crippen molar-refractivity contribution in [3.8, 4) is 11.3 Å². The minimum absolute atomic E-state index is 0.0444. The zero-order valence-electron chi connectivity index (χ0n) is 15.7. The van der Waals surface area contributed by atoms with Crippen molar-refractivity contribution in [2.24, 2.45) is 0 Å². The maximum absolute atomic E-state index is 13.3. The van der Waals surface area contributed by atoms with Gasteiger partial charge >= 0.3 is 5.56 Å². The summed E-state index contributed by atoms with van der Waals surface area (Å²) in [5, 5.41) is 12.9. The molecule has 0 atom stereocenters. The van der Waals surface area contributed by atoms with Crippen LogP contribution in [0.5, 0.6) is 0 Å². The third-order valence-corrected chi connectivity index (χ3v) is 5.34. The Balaban J connectivity index is 1.83. The monoisotopic (exact) mass is 377 g/mol. The summed E-state index contributed by atoms with van der Waals surface area (Å²) >= 11 is 0. The highest BCUT2D eigenvalue weighted by Crippen LogP contribution is 2.16. The molecule has 0 unspecified atom stereocenters. The van der Waals surface area contributed by atoms with E-state index in [4.69, 9.17) is 0 Å². The van der Waals surface area contributed by atoms with Gasteiger partial charge in [-0.25, -0.2) is 0 Å². The first-order chi connectivity index (χ1) is 13.7. The molecule has 2 heterocycles. The van der Waals surface area contributed by atoms with E-state index in [0.29, 0.717) is 21.3 Å². The summed E-state index contributed by atoms with van der Waals surface area (Å²) < 4.78 is 2.12. The molecule has 0 spiro atoms. The van der Waals surface area contributed by atoms with Crippen molar-refractivity contribution in [1.82, 2.24) is 9.47 Å². The number of para-hydroxylation sites is 2. The lowest BCUT2D eigenvalue weighted by atomic mass is 10.1. The molecule has 28 heavy (non-hydrogen) atoms. The molecule has 0 bridgehead atoms. The van der Waals surface area contributed by atoms with Gasteiger partial charge in [-0.3, -0.25) is 14.2 Å².